The van der Waals surface area contributed by atoms with E-state index in [-0.39, 0.29) is 17.9 Å². The molecule has 0 aliphatic heterocycles. The van der Waals surface area contributed by atoms with Gasteiger partial charge in [-0.15, -0.1) is 0 Å². The number of hydrogen-bond acceptors (Lipinski definition) is 5. The van der Waals surface area contributed by atoms with E-state index in [1.807, 2.05) is 0 Å². The molecule has 0 saturated carbocycles. The minimum Gasteiger partial charge on any atom is -0.476 e. The van der Waals surface area contributed by atoms with Crippen LogP contribution in [0.15, 0.2) is 18.5 Å². The summed E-state index contributed by atoms with van der Waals surface area (Å²) in [6.45, 7) is 3.42. The van der Waals surface area contributed by atoms with E-state index < -0.39 is 10.9 Å². The van der Waals surface area contributed by atoms with E-state index in [4.69, 9.17) is 5.11 Å². The zero-order chi connectivity index (χ0) is 14.9. The van der Waals surface area contributed by atoms with Crippen LogP contribution in [0.4, 0.5) is 5.69 Å². The lowest BCUT2D eigenvalue weighted by Gasteiger charge is -2.07. The largest absolute Gasteiger partial charge is 0.476 e. The number of carboxylic acids is 1. The van der Waals surface area contributed by atoms with Gasteiger partial charge in [-0.05, 0) is 19.9 Å². The van der Waals surface area contributed by atoms with E-state index in [2.05, 4.69) is 10.1 Å². The molecule has 2 heterocycles. The van der Waals surface area contributed by atoms with E-state index in [0.717, 1.165) is 0 Å². The van der Waals surface area contributed by atoms with E-state index in [1.165, 1.54) is 23.1 Å². The second-order valence-corrected chi connectivity index (χ2v) is 4.32. The van der Waals surface area contributed by atoms with Gasteiger partial charge in [0.2, 0.25) is 0 Å². The Kier molecular flexibility index (Phi) is 3.47. The summed E-state index contributed by atoms with van der Waals surface area (Å²) in [4.78, 5) is 25.5. The first-order valence-electron chi connectivity index (χ1n) is 5.76. The number of pyridine rings is 1. The van der Waals surface area contributed by atoms with Gasteiger partial charge in [-0.1, -0.05) is 0 Å². The molecule has 0 aliphatic carbocycles. The summed E-state index contributed by atoms with van der Waals surface area (Å²) >= 11 is 0. The van der Waals surface area contributed by atoms with Crippen molar-refractivity contribution in [3.05, 3.63) is 51.1 Å². The smallest absolute Gasteiger partial charge is 0.356 e. The monoisotopic (exact) mass is 276 g/mol. The van der Waals surface area contributed by atoms with Crippen LogP contribution in [-0.4, -0.2) is 30.8 Å². The second kappa shape index (κ2) is 5.08. The third-order valence-electron chi connectivity index (χ3n) is 2.93. The van der Waals surface area contributed by atoms with Crippen LogP contribution in [0.5, 0.6) is 0 Å². The van der Waals surface area contributed by atoms with Gasteiger partial charge in [-0.3, -0.25) is 19.8 Å². The molecular formula is C12H12N4O4. The van der Waals surface area contributed by atoms with Crippen LogP contribution in [-0.2, 0) is 6.54 Å². The summed E-state index contributed by atoms with van der Waals surface area (Å²) in [5.74, 6) is -1.12. The molecule has 0 aromatic carbocycles. The van der Waals surface area contributed by atoms with Gasteiger partial charge in [-0.2, -0.15) is 5.10 Å². The molecule has 104 valence electrons. The Bertz CT molecular complexity index is 693. The maximum Gasteiger partial charge on any atom is 0.356 e. The van der Waals surface area contributed by atoms with Crippen molar-refractivity contribution in [1.82, 2.24) is 14.8 Å². The maximum absolute atomic E-state index is 11.0. The fraction of sp³-hybridized carbons (Fsp3) is 0.250. The topological polar surface area (TPSA) is 111 Å². The van der Waals surface area contributed by atoms with Gasteiger partial charge in [0.05, 0.1) is 22.7 Å². The van der Waals surface area contributed by atoms with Crippen LogP contribution in [0.25, 0.3) is 0 Å². The molecule has 0 saturated heterocycles. The summed E-state index contributed by atoms with van der Waals surface area (Å²) < 4.78 is 1.39. The van der Waals surface area contributed by atoms with Crippen molar-refractivity contribution < 1.29 is 14.8 Å². The van der Waals surface area contributed by atoms with Crippen molar-refractivity contribution in [1.29, 1.82) is 0 Å². The number of carbonyl (C=O) groups is 1. The molecule has 0 amide bonds. The number of nitro groups is 1. The van der Waals surface area contributed by atoms with Gasteiger partial charge in [0.25, 0.3) is 5.69 Å². The Balaban J connectivity index is 2.36. The van der Waals surface area contributed by atoms with Gasteiger partial charge >= 0.3 is 5.97 Å². The lowest BCUT2D eigenvalue weighted by atomic mass is 10.1. The SMILES string of the molecule is Cc1cnc(Cn2ccc(C(=O)O)n2)c(C)c1[N+](=O)[O-]. The Labute approximate surface area is 113 Å². The van der Waals surface area contributed by atoms with Crippen molar-refractivity contribution in [2.24, 2.45) is 0 Å². The molecule has 0 bridgehead atoms. The third kappa shape index (κ3) is 2.48. The molecule has 0 atom stereocenters. The summed E-state index contributed by atoms with van der Waals surface area (Å²) in [7, 11) is 0. The highest BCUT2D eigenvalue weighted by Crippen LogP contribution is 2.24. The summed E-state index contributed by atoms with van der Waals surface area (Å²) in [5, 5.41) is 23.7. The highest BCUT2D eigenvalue weighted by Gasteiger charge is 2.19. The minimum atomic E-state index is -1.12. The Hall–Kier alpha value is -2.77. The number of aromatic carboxylic acids is 1. The molecule has 0 unspecified atom stereocenters. The van der Waals surface area contributed by atoms with Crippen molar-refractivity contribution >= 4 is 11.7 Å². The first-order valence-corrected chi connectivity index (χ1v) is 5.76. The molecule has 0 radical (unpaired) electrons. The third-order valence-corrected chi connectivity index (χ3v) is 2.93. The predicted molar refractivity (Wildman–Crippen MR) is 68.7 cm³/mol. The normalized spacial score (nSPS) is 10.5. The number of nitrogens with zero attached hydrogens (tertiary/aromatic N) is 4. The van der Waals surface area contributed by atoms with E-state index >= 15 is 0 Å². The quantitative estimate of drug-likeness (QED) is 0.669. The maximum atomic E-state index is 11.0. The van der Waals surface area contributed by atoms with Gasteiger partial charge < -0.3 is 5.11 Å². The van der Waals surface area contributed by atoms with E-state index in [0.29, 0.717) is 16.8 Å². The summed E-state index contributed by atoms with van der Waals surface area (Å²) in [5.41, 5.74) is 1.39. The molecule has 2 aromatic rings. The first-order chi connectivity index (χ1) is 9.40. The zero-order valence-corrected chi connectivity index (χ0v) is 10.9. The van der Waals surface area contributed by atoms with Crippen LogP contribution < -0.4 is 0 Å². The molecular weight excluding hydrogens is 264 g/mol. The number of hydrogen-bond donors (Lipinski definition) is 1. The van der Waals surface area contributed by atoms with Gasteiger partial charge in [-0.25, -0.2) is 4.79 Å². The number of aromatic nitrogens is 3. The van der Waals surface area contributed by atoms with Crippen molar-refractivity contribution in [2.45, 2.75) is 20.4 Å². The van der Waals surface area contributed by atoms with Crippen LogP contribution in [0.2, 0.25) is 0 Å². The lowest BCUT2D eigenvalue weighted by Crippen LogP contribution is -2.08. The standard InChI is InChI=1S/C12H12N4O4/c1-7-5-13-10(8(2)11(7)16(19)20)6-15-4-3-9(14-15)12(17)18/h3-5H,6H2,1-2H3,(H,17,18). The molecule has 0 aliphatic rings. The number of rotatable bonds is 4. The fourth-order valence-corrected chi connectivity index (χ4v) is 1.92. The molecule has 0 fully saturated rings. The van der Waals surface area contributed by atoms with Gasteiger partial charge in [0, 0.05) is 18.0 Å². The fourth-order valence-electron chi connectivity index (χ4n) is 1.92. The number of aryl methyl sites for hydroxylation is 1. The molecule has 8 heteroatoms. The molecule has 20 heavy (non-hydrogen) atoms. The molecule has 0 spiro atoms. The minimum absolute atomic E-state index is 0.0283. The first kappa shape index (κ1) is 13.7. The van der Waals surface area contributed by atoms with Crippen LogP contribution in [0.3, 0.4) is 0 Å². The summed E-state index contributed by atoms with van der Waals surface area (Å²) in [6, 6.07) is 1.36. The van der Waals surface area contributed by atoms with Gasteiger partial charge in [0.1, 0.15) is 0 Å². The predicted octanol–water partition coefficient (Wildman–Crippen LogP) is 1.55. The average molecular weight is 276 g/mol. The lowest BCUT2D eigenvalue weighted by molar-refractivity contribution is -0.386. The van der Waals surface area contributed by atoms with Crippen molar-refractivity contribution in [2.75, 3.05) is 0 Å². The van der Waals surface area contributed by atoms with Gasteiger partial charge in [0.15, 0.2) is 5.69 Å². The zero-order valence-electron chi connectivity index (χ0n) is 10.9. The average Bonchev–Trinajstić information content (AvgIpc) is 2.81. The molecule has 2 aromatic heterocycles. The molecule has 2 rings (SSSR count). The summed E-state index contributed by atoms with van der Waals surface area (Å²) in [6.07, 6.45) is 2.93. The second-order valence-electron chi connectivity index (χ2n) is 4.32. The Morgan fingerprint density at radius 3 is 2.75 bits per heavy atom. The Morgan fingerprint density at radius 2 is 2.20 bits per heavy atom. The highest BCUT2D eigenvalue weighted by molar-refractivity contribution is 5.85. The van der Waals surface area contributed by atoms with Crippen molar-refractivity contribution in [3.63, 3.8) is 0 Å². The number of carboxylic acid groups (broad SMARTS) is 1. The van der Waals surface area contributed by atoms with E-state index in [1.54, 1.807) is 13.8 Å². The molecule has 8 nitrogen and oxygen atoms in total. The van der Waals surface area contributed by atoms with Crippen LogP contribution in [0, 0.1) is 24.0 Å². The van der Waals surface area contributed by atoms with E-state index in [9.17, 15) is 14.9 Å². The van der Waals surface area contributed by atoms with Crippen molar-refractivity contribution in [3.8, 4) is 0 Å². The van der Waals surface area contributed by atoms with Crippen LogP contribution in [0.1, 0.15) is 27.3 Å². The van der Waals surface area contributed by atoms with Crippen LogP contribution >= 0.6 is 0 Å². The Morgan fingerprint density at radius 1 is 1.50 bits per heavy atom. The molecule has 1 N–H and O–H groups in total. The highest BCUT2D eigenvalue weighted by atomic mass is 16.6.